The highest BCUT2D eigenvalue weighted by Crippen LogP contribution is 2.32. The number of fused-ring (bicyclic) bond motifs is 1. The average Bonchev–Trinajstić information content (AvgIpc) is 3.26. The smallest absolute Gasteiger partial charge is 0.263 e. The van der Waals surface area contributed by atoms with Crippen molar-refractivity contribution in [3.8, 4) is 17.2 Å². The molecule has 2 aliphatic rings. The van der Waals surface area contributed by atoms with Gasteiger partial charge in [0.2, 0.25) is 16.8 Å². The molecule has 9 nitrogen and oxygen atoms in total. The Morgan fingerprint density at radius 2 is 1.81 bits per heavy atom. The van der Waals surface area contributed by atoms with Crippen LogP contribution in [0.4, 0.5) is 0 Å². The van der Waals surface area contributed by atoms with Gasteiger partial charge in [-0.15, -0.1) is 0 Å². The normalized spacial score (nSPS) is 16.7. The first-order valence-corrected chi connectivity index (χ1v) is 11.4. The Bertz CT molecular complexity index is 1030. The van der Waals surface area contributed by atoms with Gasteiger partial charge >= 0.3 is 0 Å². The van der Waals surface area contributed by atoms with E-state index in [0.717, 1.165) is 5.56 Å². The summed E-state index contributed by atoms with van der Waals surface area (Å²) < 4.78 is 49.3. The van der Waals surface area contributed by atoms with E-state index >= 15 is 0 Å². The Kier molecular flexibility index (Phi) is 6.30. The SMILES string of the molecule is CC(Oc1ccc(S(=O)(=O)NCc2ccc3c(c2)OCO3)cc1)C(=O)N1CCOCC1. The summed E-state index contributed by atoms with van der Waals surface area (Å²) in [5.41, 5.74) is 0.753. The van der Waals surface area contributed by atoms with Crippen molar-refractivity contribution in [2.45, 2.75) is 24.5 Å². The third-order valence-corrected chi connectivity index (χ3v) is 6.44. The van der Waals surface area contributed by atoms with Crippen LogP contribution in [0, 0.1) is 0 Å². The quantitative estimate of drug-likeness (QED) is 0.685. The van der Waals surface area contributed by atoms with E-state index in [1.807, 2.05) is 0 Å². The minimum atomic E-state index is -3.72. The molecule has 0 aliphatic carbocycles. The third kappa shape index (κ3) is 5.09. The summed E-state index contributed by atoms with van der Waals surface area (Å²) in [6, 6.07) is 11.2. The highest BCUT2D eigenvalue weighted by atomic mass is 32.2. The molecule has 0 spiro atoms. The Hall–Kier alpha value is -2.82. The van der Waals surface area contributed by atoms with Gasteiger partial charge in [-0.1, -0.05) is 6.07 Å². The van der Waals surface area contributed by atoms with Crippen LogP contribution in [0.15, 0.2) is 47.4 Å². The number of benzene rings is 2. The van der Waals surface area contributed by atoms with E-state index in [1.165, 1.54) is 24.3 Å². The van der Waals surface area contributed by atoms with Gasteiger partial charge in [0.15, 0.2) is 17.6 Å². The van der Waals surface area contributed by atoms with E-state index in [4.69, 9.17) is 18.9 Å². The Labute approximate surface area is 180 Å². The van der Waals surface area contributed by atoms with E-state index < -0.39 is 16.1 Å². The lowest BCUT2D eigenvalue weighted by atomic mass is 10.2. The van der Waals surface area contributed by atoms with Crippen LogP contribution in [-0.4, -0.2) is 58.4 Å². The van der Waals surface area contributed by atoms with Crippen LogP contribution < -0.4 is 18.9 Å². The van der Waals surface area contributed by atoms with E-state index in [-0.39, 0.29) is 24.1 Å². The lowest BCUT2D eigenvalue weighted by Gasteiger charge is -2.29. The molecule has 1 unspecified atom stereocenters. The second kappa shape index (κ2) is 9.13. The zero-order valence-corrected chi connectivity index (χ0v) is 17.9. The molecule has 0 aromatic heterocycles. The van der Waals surface area contributed by atoms with Crippen molar-refractivity contribution in [1.29, 1.82) is 0 Å². The zero-order chi connectivity index (χ0) is 21.8. The monoisotopic (exact) mass is 448 g/mol. The summed E-state index contributed by atoms with van der Waals surface area (Å²) in [6.07, 6.45) is -0.676. The summed E-state index contributed by atoms with van der Waals surface area (Å²) in [6.45, 7) is 4.07. The highest BCUT2D eigenvalue weighted by Gasteiger charge is 2.24. The number of carbonyl (C=O) groups excluding carboxylic acids is 1. The molecule has 1 N–H and O–H groups in total. The van der Waals surface area contributed by atoms with Gasteiger partial charge in [0.1, 0.15) is 5.75 Å². The number of nitrogens with one attached hydrogen (secondary N) is 1. The highest BCUT2D eigenvalue weighted by molar-refractivity contribution is 7.89. The number of morpholine rings is 1. The Morgan fingerprint density at radius 1 is 1.10 bits per heavy atom. The molecule has 0 radical (unpaired) electrons. The topological polar surface area (TPSA) is 103 Å². The molecule has 2 aliphatic heterocycles. The summed E-state index contributed by atoms with van der Waals surface area (Å²) in [5.74, 6) is 1.54. The predicted molar refractivity (Wildman–Crippen MR) is 111 cm³/mol. The van der Waals surface area contributed by atoms with Crippen molar-refractivity contribution >= 4 is 15.9 Å². The maximum absolute atomic E-state index is 12.6. The van der Waals surface area contributed by atoms with Crippen molar-refractivity contribution in [2.24, 2.45) is 0 Å². The van der Waals surface area contributed by atoms with Crippen LogP contribution in [-0.2, 0) is 26.1 Å². The Morgan fingerprint density at radius 3 is 2.55 bits per heavy atom. The molecule has 1 saturated heterocycles. The number of carbonyl (C=O) groups is 1. The molecule has 10 heteroatoms. The molecule has 0 saturated carbocycles. The van der Waals surface area contributed by atoms with Crippen molar-refractivity contribution in [1.82, 2.24) is 9.62 Å². The lowest BCUT2D eigenvalue weighted by molar-refractivity contribution is -0.142. The molecule has 0 bridgehead atoms. The second-order valence-electron chi connectivity index (χ2n) is 7.18. The van der Waals surface area contributed by atoms with Gasteiger partial charge < -0.3 is 23.8 Å². The Balaban J connectivity index is 1.34. The lowest BCUT2D eigenvalue weighted by Crippen LogP contribution is -2.46. The van der Waals surface area contributed by atoms with Gasteiger partial charge in [-0.25, -0.2) is 13.1 Å². The fourth-order valence-corrected chi connectivity index (χ4v) is 4.32. The van der Waals surface area contributed by atoms with Crippen molar-refractivity contribution in [3.05, 3.63) is 48.0 Å². The predicted octanol–water partition coefficient (Wildman–Crippen LogP) is 1.52. The number of amides is 1. The maximum atomic E-state index is 12.6. The standard InChI is InChI=1S/C21H24N2O7S/c1-15(21(24)23-8-10-27-11-9-23)30-17-3-5-18(6-4-17)31(25,26)22-13-16-2-7-19-20(12-16)29-14-28-19/h2-7,12,15,22H,8-11,13-14H2,1H3. The van der Waals surface area contributed by atoms with E-state index in [1.54, 1.807) is 30.0 Å². The molecule has 1 fully saturated rings. The van der Waals surface area contributed by atoms with E-state index in [0.29, 0.717) is 43.6 Å². The summed E-state index contributed by atoms with van der Waals surface area (Å²) in [5, 5.41) is 0. The maximum Gasteiger partial charge on any atom is 0.263 e. The number of hydrogen-bond donors (Lipinski definition) is 1. The second-order valence-corrected chi connectivity index (χ2v) is 8.95. The third-order valence-electron chi connectivity index (χ3n) is 5.02. The van der Waals surface area contributed by atoms with Gasteiger partial charge in [-0.3, -0.25) is 4.79 Å². The molecular weight excluding hydrogens is 424 g/mol. The summed E-state index contributed by atoms with van der Waals surface area (Å²) in [4.78, 5) is 14.2. The molecule has 4 rings (SSSR count). The molecular formula is C21H24N2O7S. The largest absolute Gasteiger partial charge is 0.481 e. The van der Waals surface area contributed by atoms with E-state index in [9.17, 15) is 13.2 Å². The first-order chi connectivity index (χ1) is 14.9. The zero-order valence-electron chi connectivity index (χ0n) is 17.1. The van der Waals surface area contributed by atoms with Crippen molar-refractivity contribution < 1.29 is 32.2 Å². The number of ether oxygens (including phenoxy) is 4. The van der Waals surface area contributed by atoms with Gasteiger partial charge in [0.05, 0.1) is 18.1 Å². The fourth-order valence-electron chi connectivity index (χ4n) is 3.31. The van der Waals surface area contributed by atoms with Crippen LogP contribution in [0.2, 0.25) is 0 Å². The van der Waals surface area contributed by atoms with Crippen LogP contribution in [0.1, 0.15) is 12.5 Å². The van der Waals surface area contributed by atoms with Crippen LogP contribution in [0.25, 0.3) is 0 Å². The molecule has 31 heavy (non-hydrogen) atoms. The van der Waals surface area contributed by atoms with Crippen LogP contribution in [0.5, 0.6) is 17.2 Å². The van der Waals surface area contributed by atoms with Crippen LogP contribution in [0.3, 0.4) is 0 Å². The fraction of sp³-hybridized carbons (Fsp3) is 0.381. The van der Waals surface area contributed by atoms with Gasteiger partial charge in [0.25, 0.3) is 5.91 Å². The number of sulfonamides is 1. The molecule has 166 valence electrons. The van der Waals surface area contributed by atoms with Gasteiger partial charge in [-0.05, 0) is 48.9 Å². The summed E-state index contributed by atoms with van der Waals surface area (Å²) in [7, 11) is -3.72. The average molecular weight is 448 g/mol. The molecule has 1 amide bonds. The van der Waals surface area contributed by atoms with Crippen molar-refractivity contribution in [3.63, 3.8) is 0 Å². The number of nitrogens with zero attached hydrogens (tertiary/aromatic N) is 1. The first kappa shape index (κ1) is 21.4. The van der Waals surface area contributed by atoms with E-state index in [2.05, 4.69) is 4.72 Å². The summed E-state index contributed by atoms with van der Waals surface area (Å²) >= 11 is 0. The van der Waals surface area contributed by atoms with Crippen molar-refractivity contribution in [2.75, 3.05) is 33.1 Å². The van der Waals surface area contributed by atoms with Gasteiger partial charge in [0, 0.05) is 19.6 Å². The molecule has 1 atom stereocenters. The molecule has 2 aromatic rings. The van der Waals surface area contributed by atoms with Crippen LogP contribution >= 0.6 is 0 Å². The number of rotatable bonds is 7. The number of hydrogen-bond acceptors (Lipinski definition) is 7. The molecule has 2 heterocycles. The minimum Gasteiger partial charge on any atom is -0.481 e. The van der Waals surface area contributed by atoms with Gasteiger partial charge in [-0.2, -0.15) is 0 Å². The first-order valence-electron chi connectivity index (χ1n) is 9.94. The minimum absolute atomic E-state index is 0.104. The molecule has 2 aromatic carbocycles.